The van der Waals surface area contributed by atoms with Crippen molar-refractivity contribution < 1.29 is 30.0 Å². The Morgan fingerprint density at radius 1 is 0.911 bits per heavy atom. The molecule has 2 heterocycles. The molecule has 1 aliphatic carbocycles. The molecule has 0 amide bonds. The molecule has 2 aromatic heterocycles. The van der Waals surface area contributed by atoms with Gasteiger partial charge in [-0.25, -0.2) is 0 Å². The number of allylic oxidation sites excluding steroid dienone is 2. The summed E-state index contributed by atoms with van der Waals surface area (Å²) >= 11 is 0. The molecular formula is C40H49IrN2O2-. The van der Waals surface area contributed by atoms with E-state index in [1.54, 1.807) is 0 Å². The van der Waals surface area contributed by atoms with Gasteiger partial charge in [0.05, 0.1) is 5.69 Å². The molecule has 0 saturated heterocycles. The molecule has 4 nitrogen and oxygen atoms in total. The molecule has 5 heteroatoms. The Balaban J connectivity index is 0.000000270. The number of nitrogens with zero attached hydrogens (tertiary/aromatic N) is 2. The fourth-order valence-corrected chi connectivity index (χ4v) is 5.76. The van der Waals surface area contributed by atoms with Crippen molar-refractivity contribution >= 4 is 16.6 Å². The second kappa shape index (κ2) is 15.4. The van der Waals surface area contributed by atoms with Crippen LogP contribution in [0.2, 0.25) is 0 Å². The van der Waals surface area contributed by atoms with Gasteiger partial charge in [0.25, 0.3) is 0 Å². The second-order valence-electron chi connectivity index (χ2n) is 13.0. The van der Waals surface area contributed by atoms with Gasteiger partial charge in [-0.05, 0) is 67.2 Å². The predicted octanol–water partition coefficient (Wildman–Crippen LogP) is 10.6. The molecule has 2 aromatic carbocycles. The number of ketones is 1. The maximum absolute atomic E-state index is 12.2. The van der Waals surface area contributed by atoms with Gasteiger partial charge in [0.15, 0.2) is 5.78 Å². The molecule has 0 aliphatic heterocycles. The van der Waals surface area contributed by atoms with Crippen molar-refractivity contribution in [1.82, 2.24) is 9.97 Å². The molecule has 0 saturated carbocycles. The number of benzene rings is 2. The Kier molecular flexibility index (Phi) is 12.5. The molecule has 0 fully saturated rings. The normalized spacial score (nSPS) is 13.0. The minimum Gasteiger partial charge on any atom is -0.512 e. The zero-order valence-electron chi connectivity index (χ0n) is 28.3. The maximum atomic E-state index is 12.2. The summed E-state index contributed by atoms with van der Waals surface area (Å²) in [6.07, 6.45) is 10.7. The topological polar surface area (TPSA) is 63.1 Å². The number of pyridine rings is 2. The summed E-state index contributed by atoms with van der Waals surface area (Å²) < 4.78 is 0. The monoisotopic (exact) mass is 782 g/mol. The zero-order valence-corrected chi connectivity index (χ0v) is 30.6. The number of fused-ring (bicyclic) bond motifs is 4. The molecule has 0 bridgehead atoms. The Morgan fingerprint density at radius 2 is 1.56 bits per heavy atom. The van der Waals surface area contributed by atoms with Crippen LogP contribution in [0.3, 0.4) is 0 Å². The number of aryl methyl sites for hydroxylation is 2. The van der Waals surface area contributed by atoms with Crippen molar-refractivity contribution in [2.45, 2.75) is 99.8 Å². The molecule has 45 heavy (non-hydrogen) atoms. The quantitative estimate of drug-likeness (QED) is 0.104. The van der Waals surface area contributed by atoms with E-state index in [0.29, 0.717) is 5.92 Å². The minimum atomic E-state index is -0.337. The largest absolute Gasteiger partial charge is 0.512 e. The van der Waals surface area contributed by atoms with E-state index in [2.05, 4.69) is 67.4 Å². The van der Waals surface area contributed by atoms with Crippen molar-refractivity contribution in [3.63, 3.8) is 0 Å². The smallest absolute Gasteiger partial charge is 0.164 e. The number of hydrogen-bond donors (Lipinski definition) is 1. The van der Waals surface area contributed by atoms with E-state index in [1.165, 1.54) is 33.7 Å². The van der Waals surface area contributed by atoms with Gasteiger partial charge in [-0.1, -0.05) is 96.7 Å². The SMILES string of the molecule is CC(C)c1cc(-c2cc3c(cn2)CCc2cccnc2-3)[c-]c2ccccc12.CCC(C)(CC)C(=O)/C=C(\O)C(C)(CC)CC.[Ir]. The summed E-state index contributed by atoms with van der Waals surface area (Å²) in [6.45, 7) is 16.6. The van der Waals surface area contributed by atoms with Crippen LogP contribution in [-0.2, 0) is 37.7 Å². The average Bonchev–Trinajstić information content (AvgIpc) is 3.06. The molecule has 0 spiro atoms. The number of carbonyl (C=O) groups excluding carboxylic acids is 1. The third-order valence-corrected chi connectivity index (χ3v) is 10.1. The summed E-state index contributed by atoms with van der Waals surface area (Å²) in [5.74, 6) is 0.733. The van der Waals surface area contributed by atoms with Gasteiger partial charge >= 0.3 is 0 Å². The molecule has 1 radical (unpaired) electrons. The number of aliphatic hydroxyl groups is 1. The summed E-state index contributed by atoms with van der Waals surface area (Å²) in [4.78, 5) is 21.6. The van der Waals surface area contributed by atoms with Gasteiger partial charge in [0.1, 0.15) is 5.76 Å². The number of carbonyl (C=O) groups is 1. The van der Waals surface area contributed by atoms with Gasteiger partial charge in [-0.15, -0.1) is 29.1 Å². The van der Waals surface area contributed by atoms with E-state index >= 15 is 0 Å². The molecule has 241 valence electrons. The van der Waals surface area contributed by atoms with Crippen LogP contribution in [0.15, 0.2) is 72.8 Å². The minimum absolute atomic E-state index is 0. The van der Waals surface area contributed by atoms with Gasteiger partial charge in [0, 0.05) is 55.1 Å². The third kappa shape index (κ3) is 7.81. The van der Waals surface area contributed by atoms with Crippen molar-refractivity contribution in [3.05, 3.63) is 95.5 Å². The first-order chi connectivity index (χ1) is 21.0. The van der Waals surface area contributed by atoms with Crippen LogP contribution in [0.25, 0.3) is 33.3 Å². The van der Waals surface area contributed by atoms with Gasteiger partial charge in [-0.2, -0.15) is 0 Å². The molecule has 0 unspecified atom stereocenters. The Hall–Kier alpha value is -3.14. The first kappa shape index (κ1) is 36.3. The van der Waals surface area contributed by atoms with Crippen LogP contribution in [0, 0.1) is 16.9 Å². The van der Waals surface area contributed by atoms with Crippen LogP contribution < -0.4 is 0 Å². The van der Waals surface area contributed by atoms with E-state index in [4.69, 9.17) is 4.98 Å². The Morgan fingerprint density at radius 3 is 2.20 bits per heavy atom. The summed E-state index contributed by atoms with van der Waals surface area (Å²) in [7, 11) is 0. The number of aliphatic hydroxyl groups excluding tert-OH is 1. The third-order valence-electron chi connectivity index (χ3n) is 10.1. The van der Waals surface area contributed by atoms with Crippen LogP contribution in [0.1, 0.15) is 104 Å². The molecule has 1 N–H and O–H groups in total. The van der Waals surface area contributed by atoms with Crippen molar-refractivity contribution in [2.24, 2.45) is 10.8 Å². The Bertz CT molecular complexity index is 1650. The number of aromatic nitrogens is 2. The van der Waals surface area contributed by atoms with Gasteiger partial charge in [-0.3, -0.25) is 14.8 Å². The molecule has 1 aliphatic rings. The molecule has 0 atom stereocenters. The zero-order chi connectivity index (χ0) is 32.1. The standard InChI is InChI=1S/C25H21N2.C15H28O2.Ir/c1-16(2)22-13-20(12-18-6-3-4-8-21(18)22)24-14-23-19(15-27-24)10-9-17-7-5-11-26-25(17)23;1-7-14(5,8-2)12(16)11-13(17)15(6,9-3)10-4;/h3-8,11,13-16H,9-10H2,1-2H3;11,16H,7-10H2,1-6H3;/q-1;;/b;12-11-;. The summed E-state index contributed by atoms with van der Waals surface area (Å²) in [5, 5.41) is 12.6. The van der Waals surface area contributed by atoms with Crippen molar-refractivity contribution in [1.29, 1.82) is 0 Å². The van der Waals surface area contributed by atoms with Crippen LogP contribution in [-0.4, -0.2) is 20.9 Å². The van der Waals surface area contributed by atoms with Gasteiger partial charge in [0.2, 0.25) is 0 Å². The summed E-state index contributed by atoms with van der Waals surface area (Å²) in [6, 6.07) is 20.8. The molecular weight excluding hydrogens is 733 g/mol. The first-order valence-electron chi connectivity index (χ1n) is 16.3. The van der Waals surface area contributed by atoms with Crippen LogP contribution >= 0.6 is 0 Å². The average molecular weight is 782 g/mol. The van der Waals surface area contributed by atoms with Gasteiger partial charge < -0.3 is 5.11 Å². The maximum Gasteiger partial charge on any atom is 0.164 e. The number of hydrogen-bond acceptors (Lipinski definition) is 4. The van der Waals surface area contributed by atoms with Crippen molar-refractivity contribution in [3.8, 4) is 22.5 Å². The number of rotatable bonds is 9. The van der Waals surface area contributed by atoms with Crippen LogP contribution in [0.5, 0.6) is 0 Å². The Labute approximate surface area is 284 Å². The predicted molar refractivity (Wildman–Crippen MR) is 184 cm³/mol. The second-order valence-corrected chi connectivity index (χ2v) is 13.0. The van der Waals surface area contributed by atoms with E-state index in [-0.39, 0.29) is 42.5 Å². The van der Waals surface area contributed by atoms with E-state index in [1.807, 2.05) is 60.0 Å². The van der Waals surface area contributed by atoms with E-state index in [9.17, 15) is 9.90 Å². The fraction of sp³-hybridized carbons (Fsp3) is 0.425. The summed E-state index contributed by atoms with van der Waals surface area (Å²) in [5.41, 5.74) is 7.71. The van der Waals surface area contributed by atoms with Crippen LogP contribution in [0.4, 0.5) is 0 Å². The van der Waals surface area contributed by atoms with E-state index < -0.39 is 0 Å². The molecule has 5 rings (SSSR count). The van der Waals surface area contributed by atoms with Crippen molar-refractivity contribution in [2.75, 3.05) is 0 Å². The van der Waals surface area contributed by atoms with E-state index in [0.717, 1.165) is 60.9 Å². The first-order valence-corrected chi connectivity index (χ1v) is 16.3. The fourth-order valence-electron chi connectivity index (χ4n) is 5.76. The molecule has 4 aromatic rings.